The van der Waals surface area contributed by atoms with Crippen LogP contribution in [0.4, 0.5) is 0 Å². The topological polar surface area (TPSA) is 87.0 Å². The first kappa shape index (κ1) is 24.1. The van der Waals surface area contributed by atoms with Gasteiger partial charge in [-0.25, -0.2) is 4.57 Å². The highest BCUT2D eigenvalue weighted by Gasteiger charge is 2.13. The van der Waals surface area contributed by atoms with Crippen molar-refractivity contribution in [2.24, 2.45) is 5.92 Å². The van der Waals surface area contributed by atoms with Crippen LogP contribution >= 0.6 is 7.82 Å². The summed E-state index contributed by atoms with van der Waals surface area (Å²) in [6.45, 7) is 11.1. The van der Waals surface area contributed by atoms with Gasteiger partial charge in [0, 0.05) is 0 Å². The second kappa shape index (κ2) is 12.5. The lowest BCUT2D eigenvalue weighted by Crippen LogP contribution is -2.12. The van der Waals surface area contributed by atoms with Crippen LogP contribution in [-0.2, 0) is 11.0 Å². The molecule has 0 aliphatic carbocycles. The molecule has 0 radical (unpaired) electrons. The zero-order valence-electron chi connectivity index (χ0n) is 16.2. The minimum atomic E-state index is -4.64. The molecule has 0 saturated carbocycles. The molecule has 0 aromatic heterocycles. The van der Waals surface area contributed by atoms with E-state index in [2.05, 4.69) is 52.8 Å². The summed E-state index contributed by atoms with van der Waals surface area (Å²) in [5, 5.41) is 0. The summed E-state index contributed by atoms with van der Waals surface area (Å²) >= 11 is 0. The fraction of sp³-hybridized carbons (Fsp3) is 0.684. The van der Waals surface area contributed by atoms with Crippen molar-refractivity contribution in [1.82, 2.24) is 0 Å². The first-order valence-electron chi connectivity index (χ1n) is 9.15. The van der Waals surface area contributed by atoms with E-state index < -0.39 is 7.82 Å². The number of hydrogen-bond acceptors (Lipinski definition) is 2. The Morgan fingerprint density at radius 1 is 1.12 bits per heavy atom. The van der Waals surface area contributed by atoms with Crippen molar-refractivity contribution in [2.75, 3.05) is 0 Å². The van der Waals surface area contributed by atoms with Gasteiger partial charge in [0.15, 0.2) is 0 Å². The normalized spacial score (nSPS) is 13.6. The van der Waals surface area contributed by atoms with Crippen LogP contribution in [0.1, 0.15) is 70.9 Å². The molecule has 2 atom stereocenters. The lowest BCUT2D eigenvalue weighted by molar-refractivity contribution is 0.214. The van der Waals surface area contributed by atoms with Crippen molar-refractivity contribution in [1.29, 1.82) is 0 Å². The van der Waals surface area contributed by atoms with Gasteiger partial charge in [-0.1, -0.05) is 64.2 Å². The second-order valence-corrected chi connectivity index (χ2v) is 7.61. The molecule has 0 saturated heterocycles. The summed E-state index contributed by atoms with van der Waals surface area (Å²) in [6, 6.07) is 6.63. The summed E-state index contributed by atoms with van der Waals surface area (Å²) in [4.78, 5) is 21.6. The molecule has 0 aliphatic rings. The number of benzene rings is 1. The maximum absolute atomic E-state index is 8.88. The quantitative estimate of drug-likeness (QED) is 0.529. The molecule has 146 valence electrons. The molecule has 6 heteroatoms. The summed E-state index contributed by atoms with van der Waals surface area (Å²) in [5.74, 6) is 1.89. The van der Waals surface area contributed by atoms with Crippen molar-refractivity contribution in [2.45, 2.75) is 79.2 Å². The van der Waals surface area contributed by atoms with Crippen LogP contribution in [0.2, 0.25) is 0 Å². The van der Waals surface area contributed by atoms with Crippen LogP contribution in [0, 0.1) is 12.8 Å². The number of hydrogen-bond donors (Lipinski definition) is 3. The summed E-state index contributed by atoms with van der Waals surface area (Å²) in [7, 11) is -4.64. The number of rotatable bonds is 9. The number of phosphoric acid groups is 1. The van der Waals surface area contributed by atoms with E-state index in [4.69, 9.17) is 24.0 Å². The van der Waals surface area contributed by atoms with E-state index in [1.165, 1.54) is 36.8 Å². The van der Waals surface area contributed by atoms with E-state index in [0.29, 0.717) is 6.10 Å². The average molecular weight is 374 g/mol. The van der Waals surface area contributed by atoms with E-state index in [1.807, 2.05) is 0 Å². The van der Waals surface area contributed by atoms with Gasteiger partial charge in [-0.2, -0.15) is 0 Å². The zero-order chi connectivity index (χ0) is 19.5. The van der Waals surface area contributed by atoms with Crippen molar-refractivity contribution in [3.05, 3.63) is 29.3 Å². The Hall–Kier alpha value is -0.870. The van der Waals surface area contributed by atoms with E-state index in [-0.39, 0.29) is 0 Å². The molecule has 1 rings (SSSR count). The highest BCUT2D eigenvalue weighted by Crippen LogP contribution is 2.28. The molecular formula is C19H35O5P. The minimum Gasteiger partial charge on any atom is -0.490 e. The Kier molecular flexibility index (Phi) is 12.0. The van der Waals surface area contributed by atoms with Gasteiger partial charge in [-0.3, -0.25) is 0 Å². The van der Waals surface area contributed by atoms with Crippen molar-refractivity contribution >= 4 is 7.82 Å². The smallest absolute Gasteiger partial charge is 0.466 e. The molecule has 0 spiro atoms. The van der Waals surface area contributed by atoms with E-state index in [9.17, 15) is 0 Å². The highest BCUT2D eigenvalue weighted by atomic mass is 31.2. The Morgan fingerprint density at radius 3 is 2.20 bits per heavy atom. The molecule has 0 heterocycles. The van der Waals surface area contributed by atoms with Crippen LogP contribution in [0.3, 0.4) is 0 Å². The highest BCUT2D eigenvalue weighted by molar-refractivity contribution is 7.45. The van der Waals surface area contributed by atoms with Crippen molar-refractivity contribution in [3.8, 4) is 5.75 Å². The Bertz CT molecular complexity index is 518. The average Bonchev–Trinajstić information content (AvgIpc) is 2.52. The monoisotopic (exact) mass is 374 g/mol. The van der Waals surface area contributed by atoms with E-state index >= 15 is 0 Å². The molecule has 0 amide bonds. The maximum Gasteiger partial charge on any atom is 0.466 e. The maximum atomic E-state index is 8.88. The molecule has 3 N–H and O–H groups in total. The fourth-order valence-corrected chi connectivity index (χ4v) is 2.54. The van der Waals surface area contributed by atoms with Gasteiger partial charge in [-0.15, -0.1) is 0 Å². The molecule has 25 heavy (non-hydrogen) atoms. The third-order valence-corrected chi connectivity index (χ3v) is 4.17. The standard InChI is InChI=1S/C19H32O.H3O4P/c1-6-9-10-17(8-3)14-18-13-15(4)11-12-19(18)20-16(5)7-2;1-5(2,3)4/h11-13,16-17H,6-10,14H2,1-5H3;(H3,1,2,3,4). The van der Waals surface area contributed by atoms with Gasteiger partial charge in [-0.05, 0) is 44.2 Å². The molecule has 1 aromatic rings. The van der Waals surface area contributed by atoms with Crippen LogP contribution < -0.4 is 4.74 Å². The summed E-state index contributed by atoms with van der Waals surface area (Å²) < 4.78 is 15.0. The zero-order valence-corrected chi connectivity index (χ0v) is 17.1. The largest absolute Gasteiger partial charge is 0.490 e. The minimum absolute atomic E-state index is 0.298. The number of aryl methyl sites for hydroxylation is 1. The number of unbranched alkanes of at least 4 members (excludes halogenated alkanes) is 1. The van der Waals surface area contributed by atoms with Gasteiger partial charge in [0.05, 0.1) is 6.10 Å². The van der Waals surface area contributed by atoms with Gasteiger partial charge in [0.2, 0.25) is 0 Å². The third-order valence-electron chi connectivity index (χ3n) is 4.17. The van der Waals surface area contributed by atoms with Crippen LogP contribution in [-0.4, -0.2) is 20.8 Å². The Balaban J connectivity index is 0.00000101. The SMILES string of the molecule is CCCCC(CC)Cc1cc(C)ccc1OC(C)CC.O=P(O)(O)O. The first-order chi connectivity index (χ1) is 11.6. The molecule has 0 aliphatic heterocycles. The molecule has 5 nitrogen and oxygen atoms in total. The first-order valence-corrected chi connectivity index (χ1v) is 10.7. The molecule has 0 bridgehead atoms. The summed E-state index contributed by atoms with van der Waals surface area (Å²) in [6.07, 6.45) is 7.74. The van der Waals surface area contributed by atoms with Gasteiger partial charge in [0.1, 0.15) is 5.75 Å². The summed E-state index contributed by atoms with van der Waals surface area (Å²) in [5.41, 5.74) is 2.73. The lowest BCUT2D eigenvalue weighted by atomic mass is 9.91. The second-order valence-electron chi connectivity index (χ2n) is 6.58. The van der Waals surface area contributed by atoms with Crippen molar-refractivity contribution in [3.63, 3.8) is 0 Å². The number of ether oxygens (including phenoxy) is 1. The predicted octanol–water partition coefficient (Wildman–Crippen LogP) is 5.00. The van der Waals surface area contributed by atoms with Crippen LogP contribution in [0.15, 0.2) is 18.2 Å². The third kappa shape index (κ3) is 13.1. The molecule has 2 unspecified atom stereocenters. The van der Waals surface area contributed by atoms with Gasteiger partial charge in [0.25, 0.3) is 0 Å². The van der Waals surface area contributed by atoms with E-state index in [1.54, 1.807) is 0 Å². The van der Waals surface area contributed by atoms with Gasteiger partial charge < -0.3 is 19.4 Å². The van der Waals surface area contributed by atoms with Crippen LogP contribution in [0.5, 0.6) is 5.75 Å². The van der Waals surface area contributed by atoms with E-state index in [0.717, 1.165) is 24.5 Å². The van der Waals surface area contributed by atoms with Crippen molar-refractivity contribution < 1.29 is 24.0 Å². The molecular weight excluding hydrogens is 339 g/mol. The van der Waals surface area contributed by atoms with Gasteiger partial charge >= 0.3 is 7.82 Å². The predicted molar refractivity (Wildman–Crippen MR) is 103 cm³/mol. The van der Waals surface area contributed by atoms with Crippen LogP contribution in [0.25, 0.3) is 0 Å². The molecule has 1 aromatic carbocycles. The fourth-order valence-electron chi connectivity index (χ4n) is 2.54. The Labute approximate surface area is 152 Å². The Morgan fingerprint density at radius 2 is 1.72 bits per heavy atom. The lowest BCUT2D eigenvalue weighted by Gasteiger charge is -2.20. The molecule has 0 fully saturated rings.